The number of nitrogens with zero attached hydrogens (tertiary/aromatic N) is 2. The van der Waals surface area contributed by atoms with Gasteiger partial charge < -0.3 is 4.42 Å². The van der Waals surface area contributed by atoms with E-state index in [-0.39, 0.29) is 11.8 Å². The maximum Gasteiger partial charge on any atom is 0.247 e. The van der Waals surface area contributed by atoms with Gasteiger partial charge in [0.25, 0.3) is 0 Å². The average Bonchev–Trinajstić information content (AvgIpc) is 2.71. The third-order valence-corrected chi connectivity index (χ3v) is 2.13. The Bertz CT molecular complexity index is 513. The van der Waals surface area contributed by atoms with Gasteiger partial charge in [-0.2, -0.15) is 0 Å². The highest BCUT2D eigenvalue weighted by Gasteiger charge is 2.13. The Morgan fingerprint density at radius 2 is 2.00 bits per heavy atom. The average molecular weight is 245 g/mol. The topological polar surface area (TPSA) is 38.9 Å². The number of aromatic nitrogens is 2. The molecule has 0 aliphatic heterocycles. The van der Waals surface area contributed by atoms with Crippen LogP contribution in [-0.2, 0) is 0 Å². The van der Waals surface area contributed by atoms with Crippen LogP contribution in [0.15, 0.2) is 22.6 Å². The van der Waals surface area contributed by atoms with Gasteiger partial charge in [0.15, 0.2) is 11.6 Å². The lowest BCUT2D eigenvalue weighted by atomic mass is 10.2. The third-order valence-electron chi connectivity index (χ3n) is 1.95. The summed E-state index contributed by atoms with van der Waals surface area (Å²) in [5.41, 5.74) is 0.315. The molecular formula is C10H7ClF2N2O. The summed E-state index contributed by atoms with van der Waals surface area (Å²) in [5.74, 6) is -1.53. The van der Waals surface area contributed by atoms with Crippen LogP contribution < -0.4 is 0 Å². The molecule has 0 bridgehead atoms. The molecule has 1 unspecified atom stereocenters. The summed E-state index contributed by atoms with van der Waals surface area (Å²) in [6, 6.07) is 3.35. The van der Waals surface area contributed by atoms with E-state index in [2.05, 4.69) is 10.2 Å². The first-order chi connectivity index (χ1) is 7.58. The van der Waals surface area contributed by atoms with E-state index in [4.69, 9.17) is 16.0 Å². The maximum absolute atomic E-state index is 12.9. The zero-order chi connectivity index (χ0) is 11.7. The van der Waals surface area contributed by atoms with Crippen molar-refractivity contribution in [2.75, 3.05) is 0 Å². The van der Waals surface area contributed by atoms with Crippen LogP contribution in [-0.4, -0.2) is 10.2 Å². The van der Waals surface area contributed by atoms with Gasteiger partial charge in [-0.1, -0.05) is 0 Å². The Hall–Kier alpha value is -1.49. The Morgan fingerprint density at radius 3 is 2.56 bits per heavy atom. The lowest BCUT2D eigenvalue weighted by Gasteiger charge is -1.96. The number of hydrogen-bond donors (Lipinski definition) is 0. The number of rotatable bonds is 2. The summed E-state index contributed by atoms with van der Waals surface area (Å²) < 4.78 is 30.8. The van der Waals surface area contributed by atoms with Crippen LogP contribution in [0, 0.1) is 11.6 Å². The van der Waals surface area contributed by atoms with E-state index in [0.717, 1.165) is 12.1 Å². The van der Waals surface area contributed by atoms with E-state index in [1.54, 1.807) is 6.92 Å². The first-order valence-electron chi connectivity index (χ1n) is 4.51. The van der Waals surface area contributed by atoms with Crippen LogP contribution in [0.2, 0.25) is 0 Å². The van der Waals surface area contributed by atoms with Crippen molar-refractivity contribution in [3.8, 4) is 11.5 Å². The smallest absolute Gasteiger partial charge is 0.247 e. The lowest BCUT2D eigenvalue weighted by molar-refractivity contribution is 0.499. The summed E-state index contributed by atoms with van der Waals surface area (Å²) in [7, 11) is 0. The highest BCUT2D eigenvalue weighted by Crippen LogP contribution is 2.24. The first-order valence-corrected chi connectivity index (χ1v) is 4.94. The van der Waals surface area contributed by atoms with E-state index in [0.29, 0.717) is 5.56 Å². The normalized spacial score (nSPS) is 12.8. The molecule has 0 saturated heterocycles. The van der Waals surface area contributed by atoms with E-state index >= 15 is 0 Å². The van der Waals surface area contributed by atoms with Gasteiger partial charge in [0.2, 0.25) is 11.8 Å². The zero-order valence-corrected chi connectivity index (χ0v) is 9.00. The van der Waals surface area contributed by atoms with Gasteiger partial charge in [-0.15, -0.1) is 21.8 Å². The van der Waals surface area contributed by atoms with Crippen molar-refractivity contribution >= 4 is 11.6 Å². The second-order valence-electron chi connectivity index (χ2n) is 3.19. The maximum atomic E-state index is 12.9. The van der Waals surface area contributed by atoms with Gasteiger partial charge in [-0.25, -0.2) is 8.78 Å². The molecule has 1 aromatic heterocycles. The molecule has 1 aromatic carbocycles. The number of hydrogen-bond acceptors (Lipinski definition) is 3. The van der Waals surface area contributed by atoms with Crippen molar-refractivity contribution in [2.45, 2.75) is 12.3 Å². The van der Waals surface area contributed by atoms with Crippen molar-refractivity contribution in [3.63, 3.8) is 0 Å². The predicted molar refractivity (Wildman–Crippen MR) is 53.9 cm³/mol. The highest BCUT2D eigenvalue weighted by molar-refractivity contribution is 6.20. The fraction of sp³-hybridized carbons (Fsp3) is 0.200. The lowest BCUT2D eigenvalue weighted by Crippen LogP contribution is -1.85. The largest absolute Gasteiger partial charge is 0.419 e. The molecule has 0 radical (unpaired) electrons. The Labute approximate surface area is 95.1 Å². The molecule has 1 atom stereocenters. The molecule has 3 nitrogen and oxygen atoms in total. The predicted octanol–water partition coefficient (Wildman–Crippen LogP) is 3.31. The Kier molecular flexibility index (Phi) is 2.87. The highest BCUT2D eigenvalue weighted by atomic mass is 35.5. The van der Waals surface area contributed by atoms with Crippen molar-refractivity contribution in [1.82, 2.24) is 10.2 Å². The van der Waals surface area contributed by atoms with Crippen molar-refractivity contribution in [1.29, 1.82) is 0 Å². The quantitative estimate of drug-likeness (QED) is 0.761. The fourth-order valence-electron chi connectivity index (χ4n) is 1.14. The van der Waals surface area contributed by atoms with Gasteiger partial charge in [0.05, 0.1) is 0 Å². The van der Waals surface area contributed by atoms with Gasteiger partial charge in [-0.3, -0.25) is 0 Å². The molecule has 1 heterocycles. The number of alkyl halides is 1. The monoisotopic (exact) mass is 244 g/mol. The molecule has 84 valence electrons. The number of halogens is 3. The van der Waals surface area contributed by atoms with Crippen LogP contribution in [0.1, 0.15) is 18.2 Å². The van der Waals surface area contributed by atoms with Crippen LogP contribution in [0.4, 0.5) is 8.78 Å². The van der Waals surface area contributed by atoms with Crippen molar-refractivity contribution in [3.05, 3.63) is 35.7 Å². The summed E-state index contributed by atoms with van der Waals surface area (Å²) in [5, 5.41) is 6.94. The molecule has 0 aliphatic rings. The van der Waals surface area contributed by atoms with E-state index in [1.807, 2.05) is 0 Å². The number of benzene rings is 1. The van der Waals surface area contributed by atoms with E-state index in [9.17, 15) is 8.78 Å². The second kappa shape index (κ2) is 4.17. The van der Waals surface area contributed by atoms with Crippen LogP contribution in [0.5, 0.6) is 0 Å². The third kappa shape index (κ3) is 2.04. The molecule has 16 heavy (non-hydrogen) atoms. The van der Waals surface area contributed by atoms with Gasteiger partial charge in [-0.05, 0) is 25.1 Å². The van der Waals surface area contributed by atoms with Crippen LogP contribution in [0.25, 0.3) is 11.5 Å². The van der Waals surface area contributed by atoms with Crippen molar-refractivity contribution < 1.29 is 13.2 Å². The minimum Gasteiger partial charge on any atom is -0.419 e. The van der Waals surface area contributed by atoms with Gasteiger partial charge in [0.1, 0.15) is 5.38 Å². The molecule has 0 fully saturated rings. The summed E-state index contributed by atoms with van der Waals surface area (Å²) in [6.07, 6.45) is 0. The second-order valence-corrected chi connectivity index (χ2v) is 3.84. The van der Waals surface area contributed by atoms with Gasteiger partial charge in [0, 0.05) is 5.56 Å². The Morgan fingerprint density at radius 1 is 1.25 bits per heavy atom. The van der Waals surface area contributed by atoms with Crippen molar-refractivity contribution in [2.24, 2.45) is 0 Å². The molecular weight excluding hydrogens is 238 g/mol. The SMILES string of the molecule is CC(Cl)c1nnc(-c2ccc(F)c(F)c2)o1. The van der Waals surface area contributed by atoms with Gasteiger partial charge >= 0.3 is 0 Å². The minimum atomic E-state index is -0.962. The zero-order valence-electron chi connectivity index (χ0n) is 8.25. The Balaban J connectivity index is 2.39. The first kappa shape index (κ1) is 11.0. The molecule has 6 heteroatoms. The summed E-state index contributed by atoms with van der Waals surface area (Å²) in [6.45, 7) is 1.67. The standard InChI is InChI=1S/C10H7ClF2N2O/c1-5(11)9-14-15-10(16-9)6-2-3-7(12)8(13)4-6/h2-5H,1H3. The van der Waals surface area contributed by atoms with Crippen LogP contribution >= 0.6 is 11.6 Å². The van der Waals surface area contributed by atoms with Crippen LogP contribution in [0.3, 0.4) is 0 Å². The molecule has 2 aromatic rings. The molecule has 0 saturated carbocycles. The molecule has 0 aliphatic carbocycles. The summed E-state index contributed by atoms with van der Waals surface area (Å²) in [4.78, 5) is 0. The molecule has 0 spiro atoms. The van der Waals surface area contributed by atoms with E-state index < -0.39 is 17.0 Å². The molecule has 2 rings (SSSR count). The minimum absolute atomic E-state index is 0.112. The molecule has 0 N–H and O–H groups in total. The fourth-order valence-corrected chi connectivity index (χ4v) is 1.23. The molecule has 0 amide bonds. The summed E-state index contributed by atoms with van der Waals surface area (Å²) >= 11 is 5.73. The van der Waals surface area contributed by atoms with E-state index in [1.165, 1.54) is 6.07 Å².